The quantitative estimate of drug-likeness (QED) is 0.506. The molecule has 3 aromatic rings. The van der Waals surface area contributed by atoms with Crippen LogP contribution in [0, 0.1) is 0 Å². The van der Waals surface area contributed by atoms with Gasteiger partial charge in [0.25, 0.3) is 11.8 Å². The van der Waals surface area contributed by atoms with Crippen molar-refractivity contribution in [2.75, 3.05) is 6.54 Å². The minimum absolute atomic E-state index is 0.0221. The summed E-state index contributed by atoms with van der Waals surface area (Å²) in [6.45, 7) is 1.25. The van der Waals surface area contributed by atoms with Gasteiger partial charge in [0.15, 0.2) is 0 Å². The van der Waals surface area contributed by atoms with E-state index in [1.54, 1.807) is 17.6 Å². The maximum Gasteiger partial charge on any atom is 0.274 e. The average Bonchev–Trinajstić information content (AvgIpc) is 2.97. The first-order valence-electron chi connectivity index (χ1n) is 8.10. The molecule has 0 fully saturated rings. The molecule has 0 radical (unpaired) electrons. The lowest BCUT2D eigenvalue weighted by atomic mass is 10.1. The van der Waals surface area contributed by atoms with Crippen molar-refractivity contribution in [3.05, 3.63) is 70.9 Å². The summed E-state index contributed by atoms with van der Waals surface area (Å²) in [6.07, 6.45) is 0.792. The number of para-hydroxylation sites is 1. The van der Waals surface area contributed by atoms with Gasteiger partial charge in [0.1, 0.15) is 0 Å². The molecule has 0 atom stereocenters. The maximum atomic E-state index is 12.3. The number of aromatic nitrogens is 1. The third kappa shape index (κ3) is 2.56. The SMILES string of the molecule is O=C(NO)c1ccc(Cn2c3c(c4ccccc42)C(=O)NCC3)cc1. The Bertz CT molecular complexity index is 973. The number of carbonyl (C=O) groups is 2. The van der Waals surface area contributed by atoms with Crippen LogP contribution >= 0.6 is 0 Å². The molecule has 4 rings (SSSR count). The summed E-state index contributed by atoms with van der Waals surface area (Å²) < 4.78 is 2.17. The maximum absolute atomic E-state index is 12.3. The van der Waals surface area contributed by atoms with Crippen LogP contribution in [0.5, 0.6) is 0 Å². The smallest absolute Gasteiger partial charge is 0.274 e. The number of amides is 2. The number of nitrogens with zero attached hydrogens (tertiary/aromatic N) is 1. The highest BCUT2D eigenvalue weighted by molar-refractivity contribution is 6.09. The fraction of sp³-hybridized carbons (Fsp3) is 0.158. The van der Waals surface area contributed by atoms with Gasteiger partial charge in [-0.05, 0) is 23.8 Å². The predicted octanol–water partition coefficient (Wildman–Crippen LogP) is 2.09. The first-order valence-corrected chi connectivity index (χ1v) is 8.10. The molecular weight excluding hydrogens is 318 g/mol. The summed E-state index contributed by atoms with van der Waals surface area (Å²) in [6, 6.07) is 15.0. The summed E-state index contributed by atoms with van der Waals surface area (Å²) in [4.78, 5) is 23.8. The van der Waals surface area contributed by atoms with E-state index in [0.29, 0.717) is 18.7 Å². The Balaban J connectivity index is 1.77. The van der Waals surface area contributed by atoms with Crippen LogP contribution in [0.4, 0.5) is 0 Å². The van der Waals surface area contributed by atoms with Gasteiger partial charge in [-0.2, -0.15) is 0 Å². The second-order valence-electron chi connectivity index (χ2n) is 6.07. The largest absolute Gasteiger partial charge is 0.352 e. The molecule has 25 heavy (non-hydrogen) atoms. The van der Waals surface area contributed by atoms with Gasteiger partial charge < -0.3 is 9.88 Å². The van der Waals surface area contributed by atoms with E-state index in [-0.39, 0.29) is 5.91 Å². The van der Waals surface area contributed by atoms with Crippen molar-refractivity contribution in [1.82, 2.24) is 15.4 Å². The Hall–Kier alpha value is -3.12. The molecule has 6 nitrogen and oxygen atoms in total. The van der Waals surface area contributed by atoms with Crippen LogP contribution in [-0.2, 0) is 13.0 Å². The van der Waals surface area contributed by atoms with Gasteiger partial charge in [0.05, 0.1) is 5.56 Å². The van der Waals surface area contributed by atoms with Gasteiger partial charge in [-0.25, -0.2) is 5.48 Å². The number of rotatable bonds is 3. The molecule has 1 aliphatic heterocycles. The molecule has 2 aromatic carbocycles. The van der Waals surface area contributed by atoms with Crippen molar-refractivity contribution in [1.29, 1.82) is 0 Å². The zero-order valence-corrected chi connectivity index (χ0v) is 13.5. The van der Waals surface area contributed by atoms with Crippen molar-refractivity contribution in [3.63, 3.8) is 0 Å². The number of hydrogen-bond donors (Lipinski definition) is 3. The fourth-order valence-corrected chi connectivity index (χ4v) is 3.44. The van der Waals surface area contributed by atoms with Gasteiger partial charge in [-0.1, -0.05) is 30.3 Å². The third-order valence-electron chi connectivity index (χ3n) is 4.61. The highest BCUT2D eigenvalue weighted by Crippen LogP contribution is 2.29. The minimum atomic E-state index is -0.535. The zero-order chi connectivity index (χ0) is 17.4. The van der Waals surface area contributed by atoms with Crippen LogP contribution in [0.25, 0.3) is 10.9 Å². The molecule has 0 aliphatic carbocycles. The molecule has 126 valence electrons. The van der Waals surface area contributed by atoms with E-state index in [1.165, 1.54) is 0 Å². The second kappa shape index (κ2) is 6.07. The van der Waals surface area contributed by atoms with Crippen molar-refractivity contribution >= 4 is 22.7 Å². The van der Waals surface area contributed by atoms with E-state index < -0.39 is 5.91 Å². The van der Waals surface area contributed by atoms with Gasteiger partial charge in [0.2, 0.25) is 0 Å². The van der Waals surface area contributed by atoms with Crippen LogP contribution in [0.2, 0.25) is 0 Å². The predicted molar refractivity (Wildman–Crippen MR) is 92.8 cm³/mol. The van der Waals surface area contributed by atoms with E-state index in [0.717, 1.165) is 34.1 Å². The van der Waals surface area contributed by atoms with Gasteiger partial charge in [-0.15, -0.1) is 0 Å². The number of hydroxylamine groups is 1. The summed E-state index contributed by atoms with van der Waals surface area (Å²) >= 11 is 0. The van der Waals surface area contributed by atoms with E-state index in [1.807, 2.05) is 36.4 Å². The Morgan fingerprint density at radius 2 is 1.92 bits per heavy atom. The van der Waals surface area contributed by atoms with Crippen LogP contribution in [0.1, 0.15) is 32.0 Å². The lowest BCUT2D eigenvalue weighted by Crippen LogP contribution is -2.32. The topological polar surface area (TPSA) is 83.4 Å². The number of hydrogen-bond acceptors (Lipinski definition) is 3. The molecule has 1 aliphatic rings. The summed E-state index contributed by atoms with van der Waals surface area (Å²) in [7, 11) is 0. The molecule has 0 spiro atoms. The second-order valence-corrected chi connectivity index (χ2v) is 6.07. The lowest BCUT2D eigenvalue weighted by Gasteiger charge is -2.17. The molecule has 0 saturated heterocycles. The fourth-order valence-electron chi connectivity index (χ4n) is 3.44. The number of benzene rings is 2. The molecule has 0 bridgehead atoms. The van der Waals surface area contributed by atoms with Crippen molar-refractivity contribution in [2.24, 2.45) is 0 Å². The van der Waals surface area contributed by atoms with Crippen molar-refractivity contribution in [2.45, 2.75) is 13.0 Å². The number of nitrogens with one attached hydrogen (secondary N) is 2. The molecule has 3 N–H and O–H groups in total. The van der Waals surface area contributed by atoms with Crippen molar-refractivity contribution in [3.8, 4) is 0 Å². The summed E-state index contributed by atoms with van der Waals surface area (Å²) in [5, 5.41) is 12.6. The zero-order valence-electron chi connectivity index (χ0n) is 13.5. The highest BCUT2D eigenvalue weighted by Gasteiger charge is 2.25. The molecular formula is C19H17N3O3. The Morgan fingerprint density at radius 3 is 2.68 bits per heavy atom. The van der Waals surface area contributed by atoms with Crippen LogP contribution in [0.15, 0.2) is 48.5 Å². The third-order valence-corrected chi connectivity index (χ3v) is 4.61. The van der Waals surface area contributed by atoms with Gasteiger partial charge >= 0.3 is 0 Å². The Labute approximate surface area is 144 Å². The lowest BCUT2D eigenvalue weighted by molar-refractivity contribution is 0.0706. The van der Waals surface area contributed by atoms with E-state index >= 15 is 0 Å². The monoisotopic (exact) mass is 335 g/mol. The molecule has 2 heterocycles. The summed E-state index contributed by atoms with van der Waals surface area (Å²) in [5.41, 5.74) is 5.87. The average molecular weight is 335 g/mol. The molecule has 6 heteroatoms. The van der Waals surface area contributed by atoms with Crippen LogP contribution < -0.4 is 10.8 Å². The molecule has 0 saturated carbocycles. The molecule has 0 unspecified atom stereocenters. The Kier molecular flexibility index (Phi) is 3.74. The Morgan fingerprint density at radius 1 is 1.16 bits per heavy atom. The summed E-state index contributed by atoms with van der Waals surface area (Å²) in [5.74, 6) is -0.557. The molecule has 1 aromatic heterocycles. The highest BCUT2D eigenvalue weighted by atomic mass is 16.5. The van der Waals surface area contributed by atoms with Crippen molar-refractivity contribution < 1.29 is 14.8 Å². The van der Waals surface area contributed by atoms with Gasteiger partial charge in [-0.3, -0.25) is 14.8 Å². The van der Waals surface area contributed by atoms with Crippen LogP contribution in [-0.4, -0.2) is 28.1 Å². The normalized spacial score (nSPS) is 13.4. The standard InChI is InChI=1S/C19H17N3O3/c23-18(21-25)13-7-5-12(6-8-13)11-22-15-4-2-1-3-14(15)17-16(22)9-10-20-19(17)24/h1-8,25H,9-11H2,(H,20,24)(H,21,23). The minimum Gasteiger partial charge on any atom is -0.352 e. The molecule has 2 amide bonds. The first kappa shape index (κ1) is 15.4. The van der Waals surface area contributed by atoms with E-state index in [2.05, 4.69) is 9.88 Å². The van der Waals surface area contributed by atoms with Crippen LogP contribution in [0.3, 0.4) is 0 Å². The number of carbonyl (C=O) groups excluding carboxylic acids is 2. The number of fused-ring (bicyclic) bond motifs is 3. The first-order chi connectivity index (χ1) is 12.2. The van der Waals surface area contributed by atoms with Gasteiger partial charge in [0, 0.05) is 41.7 Å². The van der Waals surface area contributed by atoms with E-state index in [4.69, 9.17) is 5.21 Å². The van der Waals surface area contributed by atoms with E-state index in [9.17, 15) is 9.59 Å².